The quantitative estimate of drug-likeness (QED) is 0.273. The Balaban J connectivity index is 1.49. The molecule has 2 saturated carbocycles. The lowest BCUT2D eigenvalue weighted by atomic mass is 9.78. The van der Waals surface area contributed by atoms with Crippen LogP contribution in [-0.2, 0) is 0 Å². The maximum atomic E-state index is 14.6. The van der Waals surface area contributed by atoms with Gasteiger partial charge in [-0.3, -0.25) is 0 Å². The van der Waals surface area contributed by atoms with Gasteiger partial charge >= 0.3 is 6.11 Å². The minimum absolute atomic E-state index is 0.277. The van der Waals surface area contributed by atoms with Crippen LogP contribution in [-0.4, -0.2) is 13.0 Å². The summed E-state index contributed by atoms with van der Waals surface area (Å²) in [6, 6.07) is 1.18. The van der Waals surface area contributed by atoms with Crippen molar-refractivity contribution in [3.05, 3.63) is 35.9 Å². The number of allylic oxidation sites excluding steroid dienone is 2. The van der Waals surface area contributed by atoms with E-state index < -0.39 is 42.0 Å². The highest BCUT2D eigenvalue weighted by Gasteiger charge is 2.44. The average molecular weight is 461 g/mol. The molecule has 2 fully saturated rings. The number of hydrogen-bond acceptors (Lipinski definition) is 2. The van der Waals surface area contributed by atoms with Crippen LogP contribution in [0.4, 0.5) is 22.0 Å². The lowest BCUT2D eigenvalue weighted by Gasteiger charge is -2.32. The molecule has 2 aliphatic carbocycles. The number of benzene rings is 1. The largest absolute Gasteiger partial charge is 0.457 e. The molecule has 0 heterocycles. The van der Waals surface area contributed by atoms with E-state index in [0.29, 0.717) is 30.9 Å². The monoisotopic (exact) mass is 460 g/mol. The molecule has 180 valence electrons. The highest BCUT2D eigenvalue weighted by molar-refractivity contribution is 5.35. The Kier molecular flexibility index (Phi) is 8.83. The molecule has 32 heavy (non-hydrogen) atoms. The second-order valence-corrected chi connectivity index (χ2v) is 9.20. The van der Waals surface area contributed by atoms with E-state index in [4.69, 9.17) is 0 Å². The van der Waals surface area contributed by atoms with Gasteiger partial charge in [-0.15, -0.1) is 0 Å². The molecule has 7 heteroatoms. The fourth-order valence-electron chi connectivity index (χ4n) is 5.07. The van der Waals surface area contributed by atoms with Crippen LogP contribution < -0.4 is 9.47 Å². The maximum Gasteiger partial charge on any atom is 0.400 e. The molecule has 0 atom stereocenters. The van der Waals surface area contributed by atoms with Crippen LogP contribution in [0.25, 0.3) is 0 Å². The molecule has 0 aliphatic heterocycles. The molecular formula is C25H33F5O2. The minimum Gasteiger partial charge on any atom is -0.457 e. The standard InChI is InChI=1S/C25H33F5O2/c1-2-3-17-4-6-18(7-5-17)8-9-19-10-12-20(13-11-19)25(29,30)32-21-14-22(27)24(31-16-26)23(28)15-21/h8-9,14-15,17-20H,2-7,10-13,16H2,1H3/b9-8+. The SMILES string of the molecule is CCCC1CCC(/C=C/C2CCC(C(F)(F)Oc3cc(F)c(OCF)c(F)c3)CC2)CC1. The zero-order valence-electron chi connectivity index (χ0n) is 18.6. The van der Waals surface area contributed by atoms with Gasteiger partial charge in [-0.2, -0.15) is 8.78 Å². The van der Waals surface area contributed by atoms with E-state index in [0.717, 1.165) is 5.92 Å². The number of rotatable bonds is 9. The number of halogens is 5. The topological polar surface area (TPSA) is 18.5 Å². The van der Waals surface area contributed by atoms with Crippen LogP contribution in [0.1, 0.15) is 71.1 Å². The third-order valence-corrected chi connectivity index (χ3v) is 6.92. The smallest absolute Gasteiger partial charge is 0.400 e. The predicted molar refractivity (Wildman–Crippen MR) is 113 cm³/mol. The van der Waals surface area contributed by atoms with Gasteiger partial charge in [0.25, 0.3) is 0 Å². The Morgan fingerprint density at radius 2 is 1.44 bits per heavy atom. The van der Waals surface area contributed by atoms with Crippen molar-refractivity contribution in [3.8, 4) is 11.5 Å². The molecule has 1 aromatic rings. The minimum atomic E-state index is -3.55. The first-order valence-electron chi connectivity index (χ1n) is 11.7. The van der Waals surface area contributed by atoms with Crippen LogP contribution in [0.15, 0.2) is 24.3 Å². The van der Waals surface area contributed by atoms with Gasteiger partial charge < -0.3 is 9.47 Å². The zero-order valence-corrected chi connectivity index (χ0v) is 18.6. The van der Waals surface area contributed by atoms with Crippen molar-refractivity contribution >= 4 is 0 Å². The highest BCUT2D eigenvalue weighted by Crippen LogP contribution is 2.41. The van der Waals surface area contributed by atoms with Crippen molar-refractivity contribution in [2.24, 2.45) is 23.7 Å². The molecule has 0 saturated heterocycles. The average Bonchev–Trinajstić information content (AvgIpc) is 2.76. The first-order valence-corrected chi connectivity index (χ1v) is 11.7. The Morgan fingerprint density at radius 3 is 1.94 bits per heavy atom. The molecule has 0 N–H and O–H groups in total. The first kappa shape index (κ1) is 24.8. The number of hydrogen-bond donors (Lipinski definition) is 0. The van der Waals surface area contributed by atoms with Crippen LogP contribution in [0, 0.1) is 35.3 Å². The summed E-state index contributed by atoms with van der Waals surface area (Å²) >= 11 is 0. The summed E-state index contributed by atoms with van der Waals surface area (Å²) < 4.78 is 77.9. The van der Waals surface area contributed by atoms with Crippen LogP contribution in [0.5, 0.6) is 11.5 Å². The summed E-state index contributed by atoms with van der Waals surface area (Å²) in [6.45, 7) is 0.801. The van der Waals surface area contributed by atoms with E-state index in [-0.39, 0.29) is 18.8 Å². The van der Waals surface area contributed by atoms with E-state index in [1.54, 1.807) is 0 Å². The third-order valence-electron chi connectivity index (χ3n) is 6.92. The molecule has 2 nitrogen and oxygen atoms in total. The second-order valence-electron chi connectivity index (χ2n) is 9.20. The van der Waals surface area contributed by atoms with Crippen LogP contribution in [0.3, 0.4) is 0 Å². The molecule has 0 amide bonds. The molecule has 3 rings (SSSR count). The number of alkyl halides is 3. The summed E-state index contributed by atoms with van der Waals surface area (Å²) in [5, 5.41) is 0. The normalized spacial score (nSPS) is 26.9. The van der Waals surface area contributed by atoms with Gasteiger partial charge in [0.1, 0.15) is 5.75 Å². The molecule has 2 aliphatic rings. The molecule has 0 unspecified atom stereocenters. The number of ether oxygens (including phenoxy) is 2. The van der Waals surface area contributed by atoms with Crippen molar-refractivity contribution in [3.63, 3.8) is 0 Å². The van der Waals surface area contributed by atoms with Crippen molar-refractivity contribution in [2.75, 3.05) is 6.86 Å². The Labute approximate surface area is 187 Å². The van der Waals surface area contributed by atoms with Crippen molar-refractivity contribution in [2.45, 2.75) is 77.2 Å². The van der Waals surface area contributed by atoms with E-state index in [9.17, 15) is 22.0 Å². The second kappa shape index (κ2) is 11.4. The van der Waals surface area contributed by atoms with Crippen molar-refractivity contribution < 1.29 is 31.4 Å². The van der Waals surface area contributed by atoms with E-state index in [2.05, 4.69) is 28.5 Å². The lowest BCUT2D eigenvalue weighted by Crippen LogP contribution is -2.37. The molecule has 1 aromatic carbocycles. The Morgan fingerprint density at radius 1 is 0.906 bits per heavy atom. The van der Waals surface area contributed by atoms with Gasteiger partial charge in [0.15, 0.2) is 17.4 Å². The van der Waals surface area contributed by atoms with Crippen molar-refractivity contribution in [1.29, 1.82) is 0 Å². The third kappa shape index (κ3) is 6.61. The lowest BCUT2D eigenvalue weighted by molar-refractivity contribution is -0.223. The maximum absolute atomic E-state index is 14.6. The molecule has 0 aromatic heterocycles. The first-order chi connectivity index (χ1) is 15.3. The fraction of sp³-hybridized carbons (Fsp3) is 0.680. The van der Waals surface area contributed by atoms with Gasteiger partial charge in [0, 0.05) is 12.1 Å². The summed E-state index contributed by atoms with van der Waals surface area (Å²) in [5.41, 5.74) is 0. The van der Waals surface area contributed by atoms with Gasteiger partial charge in [-0.05, 0) is 69.1 Å². The van der Waals surface area contributed by atoms with E-state index in [1.165, 1.54) is 38.5 Å². The van der Waals surface area contributed by atoms with Gasteiger partial charge in [0.2, 0.25) is 6.86 Å². The fourth-order valence-corrected chi connectivity index (χ4v) is 5.07. The Bertz CT molecular complexity index is 728. The van der Waals surface area contributed by atoms with Crippen molar-refractivity contribution in [1.82, 2.24) is 0 Å². The summed E-state index contributed by atoms with van der Waals surface area (Å²) in [7, 11) is 0. The summed E-state index contributed by atoms with van der Waals surface area (Å²) in [6.07, 6.45) is 10.3. The highest BCUT2D eigenvalue weighted by atomic mass is 19.3. The van der Waals surface area contributed by atoms with E-state index in [1.807, 2.05) is 0 Å². The van der Waals surface area contributed by atoms with Gasteiger partial charge in [-0.25, -0.2) is 13.2 Å². The molecule has 0 bridgehead atoms. The molecular weight excluding hydrogens is 427 g/mol. The Hall–Kier alpha value is -1.79. The van der Waals surface area contributed by atoms with E-state index >= 15 is 0 Å². The van der Waals surface area contributed by atoms with Gasteiger partial charge in [0.05, 0.1) is 5.92 Å². The zero-order chi connectivity index (χ0) is 23.1. The molecule has 0 spiro atoms. The predicted octanol–water partition coefficient (Wildman–Crippen LogP) is 8.21. The van der Waals surface area contributed by atoms with Crippen LogP contribution >= 0.6 is 0 Å². The van der Waals surface area contributed by atoms with Crippen LogP contribution in [0.2, 0.25) is 0 Å². The van der Waals surface area contributed by atoms with Gasteiger partial charge in [-0.1, -0.05) is 31.9 Å². The molecule has 0 radical (unpaired) electrons. The summed E-state index contributed by atoms with van der Waals surface area (Å²) in [5.74, 6) is -3.45. The summed E-state index contributed by atoms with van der Waals surface area (Å²) in [4.78, 5) is 0.